The number of hydrogen-bond donors (Lipinski definition) is 0. The first-order chi connectivity index (χ1) is 8.38. The zero-order valence-corrected chi connectivity index (χ0v) is 9.68. The number of nitrogens with zero attached hydrogens (tertiary/aromatic N) is 3. The summed E-state index contributed by atoms with van der Waals surface area (Å²) in [6.07, 6.45) is 0. The second-order valence-corrected chi connectivity index (χ2v) is 3.94. The molecule has 0 atom stereocenters. The minimum Gasteiger partial charge on any atom is -0.484 e. The number of aromatic nitrogens is 2. The summed E-state index contributed by atoms with van der Waals surface area (Å²) in [5, 5.41) is 16.4. The monoisotopic (exact) mass is 247 g/mol. The average Bonchev–Trinajstić information content (AvgIpc) is 2.83. The molecule has 0 aliphatic rings. The molecule has 1 aromatic carbocycles. The molecule has 86 valence electrons. The first-order valence-corrected chi connectivity index (χ1v) is 5.87. The highest BCUT2D eigenvalue weighted by Crippen LogP contribution is 2.16. The van der Waals surface area contributed by atoms with Crippen molar-refractivity contribution < 1.29 is 9.15 Å². The fourth-order valence-corrected chi connectivity index (χ4v) is 1.55. The number of nitriles is 1. The van der Waals surface area contributed by atoms with Gasteiger partial charge in [0, 0.05) is 0 Å². The van der Waals surface area contributed by atoms with Gasteiger partial charge in [0.2, 0.25) is 0 Å². The molecular weight excluding hydrogens is 238 g/mol. The predicted octanol–water partition coefficient (Wildman–Crippen LogP) is 2.26. The maximum absolute atomic E-state index is 8.40. The molecule has 2 aromatic rings. The Morgan fingerprint density at radius 3 is 2.88 bits per heavy atom. The van der Waals surface area contributed by atoms with Gasteiger partial charge in [-0.3, -0.25) is 0 Å². The van der Waals surface area contributed by atoms with Crippen LogP contribution in [0.5, 0.6) is 5.75 Å². The van der Waals surface area contributed by atoms with Gasteiger partial charge in [-0.05, 0) is 12.1 Å². The Hall–Kier alpha value is -2.00. The third-order valence-corrected chi connectivity index (χ3v) is 2.50. The first-order valence-electron chi connectivity index (χ1n) is 4.88. The van der Waals surface area contributed by atoms with Crippen molar-refractivity contribution in [2.45, 2.75) is 11.8 Å². The molecule has 1 heterocycles. The fourth-order valence-electron chi connectivity index (χ4n) is 1.11. The molecule has 0 aliphatic heterocycles. The lowest BCUT2D eigenvalue weighted by Gasteiger charge is -2.01. The summed E-state index contributed by atoms with van der Waals surface area (Å²) in [5.41, 5.74) is 0. The van der Waals surface area contributed by atoms with Crippen molar-refractivity contribution in [1.29, 1.82) is 5.26 Å². The van der Waals surface area contributed by atoms with Crippen molar-refractivity contribution in [3.05, 3.63) is 36.2 Å². The number of ether oxygens (including phenoxy) is 1. The highest BCUT2D eigenvalue weighted by molar-refractivity contribution is 7.99. The summed E-state index contributed by atoms with van der Waals surface area (Å²) in [5.74, 6) is 1.44. The number of para-hydroxylation sites is 1. The molecule has 0 saturated heterocycles. The molecule has 0 bridgehead atoms. The molecule has 0 N–H and O–H groups in total. The standard InChI is InChI=1S/C11H9N3O2S/c12-6-7-17-11-14-13-10(16-11)8-15-9-4-2-1-3-5-9/h1-5H,7-8H2. The third-order valence-electron chi connectivity index (χ3n) is 1.81. The van der Waals surface area contributed by atoms with Crippen LogP contribution in [0.15, 0.2) is 40.0 Å². The van der Waals surface area contributed by atoms with Crippen LogP contribution in [0.4, 0.5) is 0 Å². The Bertz CT molecular complexity index is 507. The van der Waals surface area contributed by atoms with Crippen LogP contribution in [0.2, 0.25) is 0 Å². The third kappa shape index (κ3) is 3.50. The summed E-state index contributed by atoms with van der Waals surface area (Å²) in [6, 6.07) is 11.4. The lowest BCUT2D eigenvalue weighted by Crippen LogP contribution is -1.95. The van der Waals surface area contributed by atoms with Crippen molar-refractivity contribution in [2.75, 3.05) is 5.75 Å². The summed E-state index contributed by atoms with van der Waals surface area (Å²) < 4.78 is 10.7. The van der Waals surface area contributed by atoms with Gasteiger partial charge in [-0.15, -0.1) is 10.2 Å². The molecule has 1 aromatic heterocycles. The first kappa shape index (κ1) is 11.5. The molecule has 5 nitrogen and oxygen atoms in total. The van der Waals surface area contributed by atoms with E-state index in [2.05, 4.69) is 10.2 Å². The van der Waals surface area contributed by atoms with Crippen LogP contribution in [-0.4, -0.2) is 16.0 Å². The van der Waals surface area contributed by atoms with Gasteiger partial charge in [-0.2, -0.15) is 5.26 Å². The fraction of sp³-hybridized carbons (Fsp3) is 0.182. The van der Waals surface area contributed by atoms with Crippen molar-refractivity contribution in [1.82, 2.24) is 10.2 Å². The number of thioether (sulfide) groups is 1. The lowest BCUT2D eigenvalue weighted by molar-refractivity contribution is 0.252. The molecule has 0 spiro atoms. The van der Waals surface area contributed by atoms with E-state index in [1.54, 1.807) is 0 Å². The Labute approximate surface area is 102 Å². The van der Waals surface area contributed by atoms with E-state index in [1.165, 1.54) is 11.8 Å². The number of hydrogen-bond acceptors (Lipinski definition) is 6. The molecular formula is C11H9N3O2S. The Kier molecular flexibility index (Phi) is 4.00. The van der Waals surface area contributed by atoms with E-state index in [4.69, 9.17) is 14.4 Å². The van der Waals surface area contributed by atoms with E-state index in [-0.39, 0.29) is 6.61 Å². The highest BCUT2D eigenvalue weighted by atomic mass is 32.2. The number of benzene rings is 1. The van der Waals surface area contributed by atoms with Gasteiger partial charge in [0.15, 0.2) is 6.61 Å². The van der Waals surface area contributed by atoms with Crippen molar-refractivity contribution in [2.24, 2.45) is 0 Å². The molecule has 0 saturated carbocycles. The van der Waals surface area contributed by atoms with Crippen LogP contribution in [0.1, 0.15) is 5.89 Å². The van der Waals surface area contributed by atoms with E-state index in [0.717, 1.165) is 5.75 Å². The van der Waals surface area contributed by atoms with Crippen LogP contribution in [-0.2, 0) is 6.61 Å². The van der Waals surface area contributed by atoms with Gasteiger partial charge in [-0.1, -0.05) is 30.0 Å². The predicted molar refractivity (Wildman–Crippen MR) is 61.4 cm³/mol. The molecule has 0 amide bonds. The summed E-state index contributed by atoms with van der Waals surface area (Å²) in [4.78, 5) is 0. The van der Waals surface area contributed by atoms with E-state index in [9.17, 15) is 0 Å². The smallest absolute Gasteiger partial charge is 0.277 e. The summed E-state index contributed by atoms with van der Waals surface area (Å²) in [7, 11) is 0. The van der Waals surface area contributed by atoms with Gasteiger partial charge in [0.05, 0.1) is 11.8 Å². The summed E-state index contributed by atoms with van der Waals surface area (Å²) >= 11 is 1.21. The molecule has 2 rings (SSSR count). The molecule has 6 heteroatoms. The zero-order valence-electron chi connectivity index (χ0n) is 8.87. The second-order valence-electron chi connectivity index (χ2n) is 3.01. The van der Waals surface area contributed by atoms with Crippen molar-refractivity contribution >= 4 is 11.8 Å². The Balaban J connectivity index is 1.87. The van der Waals surface area contributed by atoms with Gasteiger partial charge in [-0.25, -0.2) is 0 Å². The van der Waals surface area contributed by atoms with Crippen LogP contribution in [0.25, 0.3) is 0 Å². The van der Waals surface area contributed by atoms with Crippen molar-refractivity contribution in [3.8, 4) is 11.8 Å². The minimum absolute atomic E-state index is 0.226. The highest BCUT2D eigenvalue weighted by Gasteiger charge is 2.06. The molecule has 0 radical (unpaired) electrons. The zero-order chi connectivity index (χ0) is 11.9. The molecule has 17 heavy (non-hydrogen) atoms. The molecule has 0 aliphatic carbocycles. The largest absolute Gasteiger partial charge is 0.484 e. The van der Waals surface area contributed by atoms with E-state index in [0.29, 0.717) is 16.9 Å². The normalized spacial score (nSPS) is 9.82. The average molecular weight is 247 g/mol. The topological polar surface area (TPSA) is 71.9 Å². The van der Waals surface area contributed by atoms with Crippen LogP contribution in [0.3, 0.4) is 0 Å². The van der Waals surface area contributed by atoms with E-state index in [1.807, 2.05) is 36.4 Å². The van der Waals surface area contributed by atoms with Gasteiger partial charge in [0.25, 0.3) is 11.1 Å². The minimum atomic E-state index is 0.226. The van der Waals surface area contributed by atoms with Crippen LogP contribution >= 0.6 is 11.8 Å². The maximum atomic E-state index is 8.40. The lowest BCUT2D eigenvalue weighted by atomic mass is 10.3. The SMILES string of the molecule is N#CCSc1nnc(COc2ccccc2)o1. The van der Waals surface area contributed by atoms with Crippen LogP contribution < -0.4 is 4.74 Å². The van der Waals surface area contributed by atoms with Gasteiger partial charge >= 0.3 is 0 Å². The Morgan fingerprint density at radius 2 is 2.12 bits per heavy atom. The van der Waals surface area contributed by atoms with Gasteiger partial charge < -0.3 is 9.15 Å². The Morgan fingerprint density at radius 1 is 1.29 bits per heavy atom. The van der Waals surface area contributed by atoms with E-state index >= 15 is 0 Å². The second kappa shape index (κ2) is 5.92. The van der Waals surface area contributed by atoms with E-state index < -0.39 is 0 Å². The quantitative estimate of drug-likeness (QED) is 0.755. The maximum Gasteiger partial charge on any atom is 0.277 e. The van der Waals surface area contributed by atoms with Crippen LogP contribution in [0, 0.1) is 11.3 Å². The molecule has 0 fully saturated rings. The number of rotatable bonds is 5. The van der Waals surface area contributed by atoms with Crippen molar-refractivity contribution in [3.63, 3.8) is 0 Å². The summed E-state index contributed by atoms with van der Waals surface area (Å²) in [6.45, 7) is 0.226. The van der Waals surface area contributed by atoms with Gasteiger partial charge in [0.1, 0.15) is 5.75 Å². The molecule has 0 unspecified atom stereocenters.